The monoisotopic (exact) mass is 261 g/mol. The molecule has 0 saturated carbocycles. The number of aryl methyl sites for hydroxylation is 1. The fraction of sp³-hybridized carbons (Fsp3) is 0.0769. The van der Waals surface area contributed by atoms with Gasteiger partial charge >= 0.3 is 0 Å². The van der Waals surface area contributed by atoms with E-state index in [2.05, 4.69) is 10.3 Å². The summed E-state index contributed by atoms with van der Waals surface area (Å²) in [5.74, 6) is 0.0966. The van der Waals surface area contributed by atoms with Crippen molar-refractivity contribution in [2.24, 2.45) is 0 Å². The van der Waals surface area contributed by atoms with Crippen molar-refractivity contribution in [1.29, 1.82) is 0 Å². The van der Waals surface area contributed by atoms with Crippen molar-refractivity contribution >= 4 is 29.0 Å². The Bertz CT molecular complexity index is 599. The molecule has 0 radical (unpaired) electrons. The maximum absolute atomic E-state index is 12.0. The summed E-state index contributed by atoms with van der Waals surface area (Å²) < 4.78 is 0. The molecule has 2 aromatic rings. The summed E-state index contributed by atoms with van der Waals surface area (Å²) in [6.07, 6.45) is 1.53. The van der Waals surface area contributed by atoms with Crippen LogP contribution in [0, 0.1) is 6.92 Å². The Morgan fingerprint density at radius 1 is 1.39 bits per heavy atom. The highest BCUT2D eigenvalue weighted by molar-refractivity contribution is 6.30. The molecule has 0 aliphatic heterocycles. The molecule has 0 spiro atoms. The lowest BCUT2D eigenvalue weighted by atomic mass is 10.1. The highest BCUT2D eigenvalue weighted by Crippen LogP contribution is 2.18. The van der Waals surface area contributed by atoms with Gasteiger partial charge in [0.05, 0.1) is 5.56 Å². The number of hydrogen-bond acceptors (Lipinski definition) is 3. The molecule has 1 aromatic carbocycles. The maximum atomic E-state index is 12.0. The first-order valence-electron chi connectivity index (χ1n) is 5.36. The second kappa shape index (κ2) is 5.06. The molecule has 2 rings (SSSR count). The Kier molecular flexibility index (Phi) is 3.48. The number of amides is 1. The number of aromatic nitrogens is 1. The number of benzene rings is 1. The van der Waals surface area contributed by atoms with E-state index in [1.807, 2.05) is 13.0 Å². The van der Waals surface area contributed by atoms with Gasteiger partial charge in [0.25, 0.3) is 5.91 Å². The third-order valence-electron chi connectivity index (χ3n) is 2.53. The van der Waals surface area contributed by atoms with Gasteiger partial charge in [0.1, 0.15) is 5.82 Å². The Morgan fingerprint density at radius 3 is 2.89 bits per heavy atom. The first-order chi connectivity index (χ1) is 8.58. The summed E-state index contributed by atoms with van der Waals surface area (Å²) in [5, 5.41) is 3.16. The quantitative estimate of drug-likeness (QED) is 0.817. The average molecular weight is 262 g/mol. The van der Waals surface area contributed by atoms with Gasteiger partial charge in [0.2, 0.25) is 0 Å². The first kappa shape index (κ1) is 12.4. The summed E-state index contributed by atoms with van der Waals surface area (Å²) in [6, 6.07) is 8.52. The predicted molar refractivity (Wildman–Crippen MR) is 72.8 cm³/mol. The van der Waals surface area contributed by atoms with Crippen molar-refractivity contribution in [2.45, 2.75) is 6.92 Å². The van der Waals surface area contributed by atoms with Gasteiger partial charge < -0.3 is 11.1 Å². The lowest BCUT2D eigenvalue weighted by Crippen LogP contribution is -2.15. The number of nitrogen functional groups attached to an aromatic ring is 1. The van der Waals surface area contributed by atoms with Crippen molar-refractivity contribution in [3.8, 4) is 0 Å². The normalized spacial score (nSPS) is 10.1. The van der Waals surface area contributed by atoms with E-state index in [1.54, 1.807) is 24.3 Å². The molecule has 0 unspecified atom stereocenters. The van der Waals surface area contributed by atoms with Gasteiger partial charge in [-0.2, -0.15) is 0 Å². The Hall–Kier alpha value is -2.07. The SMILES string of the molecule is Cc1cccc(C(=O)Nc2cc(Cl)ccn2)c1N. The number of carbonyl (C=O) groups is 1. The van der Waals surface area contributed by atoms with Gasteiger partial charge in [-0.25, -0.2) is 4.98 Å². The second-order valence-electron chi connectivity index (χ2n) is 3.85. The zero-order chi connectivity index (χ0) is 13.1. The van der Waals surface area contributed by atoms with E-state index in [4.69, 9.17) is 17.3 Å². The third-order valence-corrected chi connectivity index (χ3v) is 2.77. The Morgan fingerprint density at radius 2 is 2.17 bits per heavy atom. The summed E-state index contributed by atoms with van der Waals surface area (Å²) in [7, 11) is 0. The standard InChI is InChI=1S/C13H12ClN3O/c1-8-3-2-4-10(12(8)15)13(18)17-11-7-9(14)5-6-16-11/h2-7H,15H2,1H3,(H,16,17,18). The highest BCUT2D eigenvalue weighted by Gasteiger charge is 2.11. The molecule has 0 fully saturated rings. The largest absolute Gasteiger partial charge is 0.398 e. The van der Waals surface area contributed by atoms with Crippen molar-refractivity contribution in [3.63, 3.8) is 0 Å². The fourth-order valence-electron chi connectivity index (χ4n) is 1.54. The number of pyridine rings is 1. The molecule has 1 aromatic heterocycles. The number of para-hydroxylation sites is 1. The number of nitrogens with zero attached hydrogens (tertiary/aromatic N) is 1. The smallest absolute Gasteiger partial charge is 0.258 e. The van der Waals surface area contributed by atoms with Gasteiger partial charge in [-0.1, -0.05) is 23.7 Å². The number of anilines is 2. The second-order valence-corrected chi connectivity index (χ2v) is 4.29. The van der Waals surface area contributed by atoms with E-state index >= 15 is 0 Å². The van der Waals surface area contributed by atoms with Crippen molar-refractivity contribution in [1.82, 2.24) is 4.98 Å². The van der Waals surface area contributed by atoms with E-state index in [0.717, 1.165) is 5.56 Å². The first-order valence-corrected chi connectivity index (χ1v) is 5.73. The molecule has 3 N–H and O–H groups in total. The topological polar surface area (TPSA) is 68.0 Å². The minimum absolute atomic E-state index is 0.300. The van der Waals surface area contributed by atoms with Crippen LogP contribution in [0.5, 0.6) is 0 Å². The molecule has 18 heavy (non-hydrogen) atoms. The van der Waals surface area contributed by atoms with Crippen LogP contribution in [-0.2, 0) is 0 Å². The summed E-state index contributed by atoms with van der Waals surface area (Å²) in [6.45, 7) is 1.85. The molecule has 92 valence electrons. The van der Waals surface area contributed by atoms with Crippen LogP contribution in [0.4, 0.5) is 11.5 Å². The van der Waals surface area contributed by atoms with E-state index in [9.17, 15) is 4.79 Å². The van der Waals surface area contributed by atoms with Gasteiger partial charge in [0, 0.05) is 16.9 Å². The fourth-order valence-corrected chi connectivity index (χ4v) is 1.70. The zero-order valence-corrected chi connectivity index (χ0v) is 10.5. The van der Waals surface area contributed by atoms with E-state index < -0.39 is 0 Å². The number of carbonyl (C=O) groups excluding carboxylic acids is 1. The molecule has 4 nitrogen and oxygen atoms in total. The lowest BCUT2D eigenvalue weighted by molar-refractivity contribution is 0.102. The van der Waals surface area contributed by atoms with Gasteiger partial charge in [0.15, 0.2) is 0 Å². The van der Waals surface area contributed by atoms with Crippen LogP contribution in [0.2, 0.25) is 5.02 Å². The third kappa shape index (κ3) is 2.60. The van der Waals surface area contributed by atoms with Gasteiger partial charge in [-0.05, 0) is 30.7 Å². The Labute approximate surface area is 110 Å². The minimum Gasteiger partial charge on any atom is -0.398 e. The summed E-state index contributed by atoms with van der Waals surface area (Å²) >= 11 is 5.81. The predicted octanol–water partition coefficient (Wildman–Crippen LogP) is 2.88. The van der Waals surface area contributed by atoms with Crippen LogP contribution < -0.4 is 11.1 Å². The van der Waals surface area contributed by atoms with Crippen LogP contribution in [0.3, 0.4) is 0 Å². The molecule has 0 atom stereocenters. The minimum atomic E-state index is -0.300. The number of nitrogens with one attached hydrogen (secondary N) is 1. The van der Waals surface area contributed by atoms with E-state index in [0.29, 0.717) is 22.1 Å². The van der Waals surface area contributed by atoms with Gasteiger partial charge in [-0.3, -0.25) is 4.79 Å². The lowest BCUT2D eigenvalue weighted by Gasteiger charge is -2.08. The molecule has 0 saturated heterocycles. The summed E-state index contributed by atoms with van der Waals surface area (Å²) in [4.78, 5) is 16.0. The van der Waals surface area contributed by atoms with Crippen molar-refractivity contribution in [3.05, 3.63) is 52.7 Å². The molecular formula is C13H12ClN3O. The van der Waals surface area contributed by atoms with Gasteiger partial charge in [-0.15, -0.1) is 0 Å². The van der Waals surface area contributed by atoms with Crippen molar-refractivity contribution < 1.29 is 4.79 Å². The number of rotatable bonds is 2. The van der Waals surface area contributed by atoms with E-state index in [-0.39, 0.29) is 5.91 Å². The van der Waals surface area contributed by atoms with Crippen LogP contribution >= 0.6 is 11.6 Å². The zero-order valence-electron chi connectivity index (χ0n) is 9.77. The van der Waals surface area contributed by atoms with Crippen LogP contribution in [0.15, 0.2) is 36.5 Å². The number of nitrogens with two attached hydrogens (primary N) is 1. The molecule has 1 heterocycles. The van der Waals surface area contributed by atoms with E-state index in [1.165, 1.54) is 6.20 Å². The molecular weight excluding hydrogens is 250 g/mol. The Balaban J connectivity index is 2.25. The van der Waals surface area contributed by atoms with Crippen LogP contribution in [0.1, 0.15) is 15.9 Å². The highest BCUT2D eigenvalue weighted by atomic mass is 35.5. The van der Waals surface area contributed by atoms with Crippen LogP contribution in [0.25, 0.3) is 0 Å². The molecule has 0 bridgehead atoms. The average Bonchev–Trinajstić information content (AvgIpc) is 2.32. The molecule has 0 aliphatic rings. The molecule has 0 aliphatic carbocycles. The van der Waals surface area contributed by atoms with Crippen molar-refractivity contribution in [2.75, 3.05) is 11.1 Å². The number of halogens is 1. The molecule has 1 amide bonds. The summed E-state index contributed by atoms with van der Waals surface area (Å²) in [5.41, 5.74) is 7.62. The number of hydrogen-bond donors (Lipinski definition) is 2. The maximum Gasteiger partial charge on any atom is 0.258 e. The van der Waals surface area contributed by atoms with Crippen LogP contribution in [-0.4, -0.2) is 10.9 Å². The molecule has 5 heteroatoms.